The average Bonchev–Trinajstić information content (AvgIpc) is 2.59. The Morgan fingerprint density at radius 1 is 1.00 bits per heavy atom. The molecule has 0 aromatic heterocycles. The van der Waals surface area contributed by atoms with E-state index >= 15 is 0 Å². The fraction of sp³-hybridized carbons (Fsp3) is 0.350. The second-order valence-electron chi connectivity index (χ2n) is 6.12. The van der Waals surface area contributed by atoms with E-state index in [4.69, 9.17) is 0 Å². The molecular formula is C20H24O3S. The standard InChI is InChI=1S/C20H24O3S/c1-3-4-10-19(15-20(21)17-8-6-5-7-9-17)24(22,23)18-13-11-16(2)12-14-18/h5-9,11-14,19H,3-4,10,15H2,1-2H3/t19-/m0/s1. The van der Waals surface area contributed by atoms with Crippen molar-refractivity contribution in [3.05, 3.63) is 65.7 Å². The molecule has 0 aliphatic heterocycles. The van der Waals surface area contributed by atoms with Crippen LogP contribution < -0.4 is 0 Å². The number of Topliss-reactive ketones (excluding diaryl/α,β-unsaturated/α-hetero) is 1. The van der Waals surface area contributed by atoms with E-state index < -0.39 is 15.1 Å². The van der Waals surface area contributed by atoms with Crippen molar-refractivity contribution in [1.82, 2.24) is 0 Å². The number of hydrogen-bond acceptors (Lipinski definition) is 3. The summed E-state index contributed by atoms with van der Waals surface area (Å²) in [6, 6.07) is 15.8. The molecular weight excluding hydrogens is 320 g/mol. The third kappa shape index (κ3) is 4.54. The Labute approximate surface area is 144 Å². The van der Waals surface area contributed by atoms with Crippen molar-refractivity contribution < 1.29 is 13.2 Å². The lowest BCUT2D eigenvalue weighted by molar-refractivity contribution is 0.0980. The maximum atomic E-state index is 13.0. The maximum Gasteiger partial charge on any atom is 0.181 e. The van der Waals surface area contributed by atoms with Crippen molar-refractivity contribution in [2.24, 2.45) is 0 Å². The molecule has 0 N–H and O–H groups in total. The molecule has 0 saturated carbocycles. The first kappa shape index (κ1) is 18.4. The summed E-state index contributed by atoms with van der Waals surface area (Å²) < 4.78 is 25.9. The van der Waals surface area contributed by atoms with Gasteiger partial charge in [0.25, 0.3) is 0 Å². The van der Waals surface area contributed by atoms with Crippen LogP contribution in [0, 0.1) is 6.92 Å². The molecule has 2 aromatic rings. The summed E-state index contributed by atoms with van der Waals surface area (Å²) in [4.78, 5) is 12.8. The van der Waals surface area contributed by atoms with Crippen LogP contribution in [-0.2, 0) is 9.84 Å². The maximum absolute atomic E-state index is 13.0. The summed E-state index contributed by atoms with van der Waals surface area (Å²) >= 11 is 0. The van der Waals surface area contributed by atoms with Crippen molar-refractivity contribution in [3.8, 4) is 0 Å². The van der Waals surface area contributed by atoms with Crippen molar-refractivity contribution in [2.75, 3.05) is 0 Å². The fourth-order valence-electron chi connectivity index (χ4n) is 2.67. The molecule has 0 amide bonds. The van der Waals surface area contributed by atoms with E-state index in [0.29, 0.717) is 16.9 Å². The van der Waals surface area contributed by atoms with Crippen LogP contribution in [-0.4, -0.2) is 19.5 Å². The zero-order valence-corrected chi connectivity index (χ0v) is 15.1. The normalized spacial score (nSPS) is 12.8. The van der Waals surface area contributed by atoms with Gasteiger partial charge in [-0.25, -0.2) is 8.42 Å². The van der Waals surface area contributed by atoms with Gasteiger partial charge < -0.3 is 0 Å². The van der Waals surface area contributed by atoms with Gasteiger partial charge in [-0.2, -0.15) is 0 Å². The second kappa shape index (κ2) is 8.25. The zero-order valence-electron chi connectivity index (χ0n) is 14.2. The third-order valence-electron chi connectivity index (χ3n) is 4.18. The number of aryl methyl sites for hydroxylation is 1. The van der Waals surface area contributed by atoms with Gasteiger partial charge >= 0.3 is 0 Å². The van der Waals surface area contributed by atoms with Crippen LogP contribution in [0.15, 0.2) is 59.5 Å². The van der Waals surface area contributed by atoms with E-state index in [0.717, 1.165) is 18.4 Å². The highest BCUT2D eigenvalue weighted by atomic mass is 32.2. The molecule has 24 heavy (non-hydrogen) atoms. The van der Waals surface area contributed by atoms with Crippen LogP contribution in [0.4, 0.5) is 0 Å². The Balaban J connectivity index is 2.27. The van der Waals surface area contributed by atoms with Gasteiger partial charge in [0.2, 0.25) is 0 Å². The number of sulfone groups is 1. The topological polar surface area (TPSA) is 51.2 Å². The minimum absolute atomic E-state index is 0.0280. The van der Waals surface area contributed by atoms with Gasteiger partial charge in [-0.05, 0) is 25.5 Å². The van der Waals surface area contributed by atoms with Gasteiger partial charge in [0, 0.05) is 12.0 Å². The lowest BCUT2D eigenvalue weighted by Gasteiger charge is -2.17. The number of hydrogen-bond donors (Lipinski definition) is 0. The Morgan fingerprint density at radius 2 is 1.62 bits per heavy atom. The first-order chi connectivity index (χ1) is 11.4. The summed E-state index contributed by atoms with van der Waals surface area (Å²) in [5, 5.41) is -0.673. The van der Waals surface area contributed by atoms with Gasteiger partial charge in [0.1, 0.15) is 0 Å². The largest absolute Gasteiger partial charge is 0.294 e. The SMILES string of the molecule is CCCC[C@@H](CC(=O)c1ccccc1)S(=O)(=O)c1ccc(C)cc1. The van der Waals surface area contributed by atoms with Crippen molar-refractivity contribution >= 4 is 15.6 Å². The molecule has 128 valence electrons. The summed E-state index contributed by atoms with van der Waals surface area (Å²) in [5.41, 5.74) is 1.58. The van der Waals surface area contributed by atoms with E-state index in [1.807, 2.05) is 19.9 Å². The van der Waals surface area contributed by atoms with Gasteiger partial charge in [-0.3, -0.25) is 4.79 Å². The van der Waals surface area contributed by atoms with Crippen molar-refractivity contribution in [2.45, 2.75) is 49.7 Å². The molecule has 1 atom stereocenters. The lowest BCUT2D eigenvalue weighted by Crippen LogP contribution is -2.25. The second-order valence-corrected chi connectivity index (χ2v) is 8.34. The Morgan fingerprint density at radius 3 is 2.21 bits per heavy atom. The summed E-state index contributed by atoms with van der Waals surface area (Å²) in [6.45, 7) is 3.94. The minimum atomic E-state index is -3.51. The van der Waals surface area contributed by atoms with E-state index in [2.05, 4.69) is 0 Å². The smallest absolute Gasteiger partial charge is 0.181 e. The zero-order chi connectivity index (χ0) is 17.6. The van der Waals surface area contributed by atoms with E-state index in [1.165, 1.54) is 0 Å². The predicted molar refractivity (Wildman–Crippen MR) is 97.1 cm³/mol. The van der Waals surface area contributed by atoms with E-state index in [9.17, 15) is 13.2 Å². The molecule has 2 aromatic carbocycles. The van der Waals surface area contributed by atoms with Crippen LogP contribution >= 0.6 is 0 Å². The lowest BCUT2D eigenvalue weighted by atomic mass is 10.0. The molecule has 0 saturated heterocycles. The third-order valence-corrected chi connectivity index (χ3v) is 6.39. The predicted octanol–water partition coefficient (Wildman–Crippen LogP) is 4.60. The first-order valence-corrected chi connectivity index (χ1v) is 9.88. The molecule has 0 unspecified atom stereocenters. The van der Waals surface area contributed by atoms with Crippen LogP contribution in [0.25, 0.3) is 0 Å². The molecule has 0 heterocycles. The number of ketones is 1. The first-order valence-electron chi connectivity index (χ1n) is 8.34. The van der Waals surface area contributed by atoms with Gasteiger partial charge in [-0.15, -0.1) is 0 Å². The van der Waals surface area contributed by atoms with Gasteiger partial charge in [0.15, 0.2) is 15.6 Å². The Kier molecular flexibility index (Phi) is 6.32. The number of unbranched alkanes of at least 4 members (excludes halogenated alkanes) is 1. The summed E-state index contributed by atoms with van der Waals surface area (Å²) in [6.07, 6.45) is 2.22. The molecule has 0 radical (unpaired) electrons. The summed E-state index contributed by atoms with van der Waals surface area (Å²) in [7, 11) is -3.51. The molecule has 0 fully saturated rings. The summed E-state index contributed by atoms with van der Waals surface area (Å²) in [5.74, 6) is -0.118. The highest BCUT2D eigenvalue weighted by Gasteiger charge is 2.29. The fourth-order valence-corrected chi connectivity index (χ4v) is 4.42. The van der Waals surface area contributed by atoms with Crippen LogP contribution in [0.2, 0.25) is 0 Å². The molecule has 0 spiro atoms. The van der Waals surface area contributed by atoms with Crippen LogP contribution in [0.1, 0.15) is 48.5 Å². The van der Waals surface area contributed by atoms with Gasteiger partial charge in [-0.1, -0.05) is 67.8 Å². The molecule has 0 bridgehead atoms. The Bertz CT molecular complexity index is 762. The van der Waals surface area contributed by atoms with Crippen LogP contribution in [0.5, 0.6) is 0 Å². The highest BCUT2D eigenvalue weighted by molar-refractivity contribution is 7.92. The van der Waals surface area contributed by atoms with Gasteiger partial charge in [0.05, 0.1) is 10.1 Å². The Hall–Kier alpha value is -1.94. The molecule has 3 nitrogen and oxygen atoms in total. The van der Waals surface area contributed by atoms with Crippen molar-refractivity contribution in [3.63, 3.8) is 0 Å². The number of carbonyl (C=O) groups is 1. The molecule has 4 heteroatoms. The number of carbonyl (C=O) groups excluding carboxylic acids is 1. The monoisotopic (exact) mass is 344 g/mol. The minimum Gasteiger partial charge on any atom is -0.294 e. The van der Waals surface area contributed by atoms with E-state index in [-0.39, 0.29) is 12.2 Å². The highest BCUT2D eigenvalue weighted by Crippen LogP contribution is 2.24. The van der Waals surface area contributed by atoms with Crippen molar-refractivity contribution in [1.29, 1.82) is 0 Å². The number of rotatable bonds is 8. The molecule has 2 rings (SSSR count). The van der Waals surface area contributed by atoms with Crippen LogP contribution in [0.3, 0.4) is 0 Å². The average molecular weight is 344 g/mol. The molecule has 0 aliphatic carbocycles. The molecule has 0 aliphatic rings. The van der Waals surface area contributed by atoms with E-state index in [1.54, 1.807) is 48.5 Å². The number of benzene rings is 2. The quantitative estimate of drug-likeness (QED) is 0.658.